The van der Waals surface area contributed by atoms with E-state index in [9.17, 15) is 0 Å². The Bertz CT molecular complexity index is 297. The third kappa shape index (κ3) is 2.79. The summed E-state index contributed by atoms with van der Waals surface area (Å²) >= 11 is 0. The van der Waals surface area contributed by atoms with Crippen molar-refractivity contribution >= 4 is 0 Å². The van der Waals surface area contributed by atoms with Gasteiger partial charge in [0, 0.05) is 6.42 Å². The maximum absolute atomic E-state index is 9.06. The highest BCUT2D eigenvalue weighted by Gasteiger charge is 2.04. The smallest absolute Gasteiger partial charge is 0.115 e. The number of nitrogens with zero attached hydrogens (tertiary/aromatic N) is 1. The molecule has 68 valence electrons. The van der Waals surface area contributed by atoms with E-state index in [2.05, 4.69) is 13.0 Å². The highest BCUT2D eigenvalue weighted by atomic mass is 16.3. The van der Waals surface area contributed by atoms with Crippen molar-refractivity contribution < 1.29 is 5.11 Å². The number of hydrogen-bond donors (Lipinski definition) is 1. The molecule has 0 aliphatic carbocycles. The molecule has 0 aliphatic heterocycles. The first kappa shape index (κ1) is 9.60. The Morgan fingerprint density at radius 1 is 1.38 bits per heavy atom. The van der Waals surface area contributed by atoms with Gasteiger partial charge in [-0.25, -0.2) is 0 Å². The molecule has 2 nitrogen and oxygen atoms in total. The molecular formula is C11H13NO. The molecule has 0 spiro atoms. The van der Waals surface area contributed by atoms with Crippen LogP contribution in [-0.2, 0) is 0 Å². The standard InChI is InChI=1S/C11H13NO/c1-9(3-2-8-12)10-4-6-11(13)7-5-10/h4-7,9,13H,2-3H2,1H3. The molecule has 0 saturated carbocycles. The highest BCUT2D eigenvalue weighted by molar-refractivity contribution is 5.27. The van der Waals surface area contributed by atoms with E-state index in [0.717, 1.165) is 6.42 Å². The van der Waals surface area contributed by atoms with Gasteiger partial charge in [0.25, 0.3) is 0 Å². The summed E-state index contributed by atoms with van der Waals surface area (Å²) in [6.45, 7) is 2.09. The van der Waals surface area contributed by atoms with Gasteiger partial charge in [-0.3, -0.25) is 0 Å². The van der Waals surface area contributed by atoms with Crippen LogP contribution in [0.1, 0.15) is 31.2 Å². The summed E-state index contributed by atoms with van der Waals surface area (Å²) < 4.78 is 0. The van der Waals surface area contributed by atoms with E-state index in [-0.39, 0.29) is 5.75 Å². The number of hydrogen-bond acceptors (Lipinski definition) is 2. The minimum atomic E-state index is 0.288. The van der Waals surface area contributed by atoms with Crippen molar-refractivity contribution in [2.24, 2.45) is 0 Å². The normalized spacial score (nSPS) is 12.0. The molecule has 13 heavy (non-hydrogen) atoms. The van der Waals surface area contributed by atoms with Crippen molar-refractivity contribution in [2.45, 2.75) is 25.7 Å². The molecule has 0 fully saturated rings. The Morgan fingerprint density at radius 3 is 2.54 bits per heavy atom. The average molecular weight is 175 g/mol. The number of benzene rings is 1. The van der Waals surface area contributed by atoms with Crippen LogP contribution in [0.25, 0.3) is 0 Å². The van der Waals surface area contributed by atoms with Gasteiger partial charge in [-0.1, -0.05) is 19.1 Å². The molecule has 0 amide bonds. The molecule has 1 aromatic carbocycles. The summed E-state index contributed by atoms with van der Waals surface area (Å²) in [5.74, 6) is 0.677. The number of nitriles is 1. The fourth-order valence-corrected chi connectivity index (χ4v) is 1.25. The third-order valence-electron chi connectivity index (χ3n) is 2.15. The molecule has 1 aromatic rings. The van der Waals surface area contributed by atoms with Crippen LogP contribution in [0.15, 0.2) is 24.3 Å². The molecular weight excluding hydrogens is 162 g/mol. The van der Waals surface area contributed by atoms with E-state index in [1.807, 2.05) is 12.1 Å². The van der Waals surface area contributed by atoms with Crippen molar-refractivity contribution in [3.8, 4) is 11.8 Å². The molecule has 0 aromatic heterocycles. The lowest BCUT2D eigenvalue weighted by Crippen LogP contribution is -1.91. The molecule has 1 unspecified atom stereocenters. The van der Waals surface area contributed by atoms with Crippen molar-refractivity contribution in [3.05, 3.63) is 29.8 Å². The van der Waals surface area contributed by atoms with Gasteiger partial charge in [0.2, 0.25) is 0 Å². The molecule has 0 saturated heterocycles. The van der Waals surface area contributed by atoms with Crippen LogP contribution in [0.2, 0.25) is 0 Å². The molecule has 1 rings (SSSR count). The Kier molecular flexibility index (Phi) is 3.33. The Balaban J connectivity index is 2.62. The van der Waals surface area contributed by atoms with E-state index in [0.29, 0.717) is 12.3 Å². The van der Waals surface area contributed by atoms with Gasteiger partial charge in [-0.15, -0.1) is 0 Å². The van der Waals surface area contributed by atoms with E-state index < -0.39 is 0 Å². The maximum Gasteiger partial charge on any atom is 0.115 e. The van der Waals surface area contributed by atoms with Crippen LogP contribution in [-0.4, -0.2) is 5.11 Å². The van der Waals surface area contributed by atoms with E-state index in [1.165, 1.54) is 5.56 Å². The van der Waals surface area contributed by atoms with Crippen LogP contribution in [0.3, 0.4) is 0 Å². The van der Waals surface area contributed by atoms with Gasteiger partial charge < -0.3 is 5.11 Å². The van der Waals surface area contributed by atoms with Crippen molar-refractivity contribution in [3.63, 3.8) is 0 Å². The zero-order valence-corrected chi connectivity index (χ0v) is 7.70. The molecule has 1 atom stereocenters. The Morgan fingerprint density at radius 2 is 2.00 bits per heavy atom. The predicted octanol–water partition coefficient (Wildman–Crippen LogP) is 2.80. The predicted molar refractivity (Wildman–Crippen MR) is 51.4 cm³/mol. The lowest BCUT2D eigenvalue weighted by atomic mass is 9.97. The number of phenols is 1. The summed E-state index contributed by atoms with van der Waals surface area (Å²) in [6, 6.07) is 9.29. The molecule has 0 aliphatic rings. The van der Waals surface area contributed by atoms with Gasteiger partial charge in [0.15, 0.2) is 0 Å². The minimum Gasteiger partial charge on any atom is -0.508 e. The highest BCUT2D eigenvalue weighted by Crippen LogP contribution is 2.22. The zero-order chi connectivity index (χ0) is 9.68. The second-order valence-corrected chi connectivity index (χ2v) is 3.19. The fraction of sp³-hybridized carbons (Fsp3) is 0.364. The van der Waals surface area contributed by atoms with Gasteiger partial charge in [0.05, 0.1) is 6.07 Å². The fourth-order valence-electron chi connectivity index (χ4n) is 1.25. The summed E-state index contributed by atoms with van der Waals surface area (Å²) in [7, 11) is 0. The third-order valence-corrected chi connectivity index (χ3v) is 2.15. The van der Waals surface area contributed by atoms with Gasteiger partial charge >= 0.3 is 0 Å². The quantitative estimate of drug-likeness (QED) is 0.767. The van der Waals surface area contributed by atoms with Gasteiger partial charge in [-0.05, 0) is 30.0 Å². The van der Waals surface area contributed by atoms with E-state index in [1.54, 1.807) is 12.1 Å². The Labute approximate surface area is 78.4 Å². The van der Waals surface area contributed by atoms with Crippen LogP contribution in [0.5, 0.6) is 5.75 Å². The Hall–Kier alpha value is -1.49. The minimum absolute atomic E-state index is 0.288. The van der Waals surface area contributed by atoms with Gasteiger partial charge in [0.1, 0.15) is 5.75 Å². The second-order valence-electron chi connectivity index (χ2n) is 3.19. The number of rotatable bonds is 3. The topological polar surface area (TPSA) is 44.0 Å². The lowest BCUT2D eigenvalue weighted by molar-refractivity contribution is 0.475. The summed E-state index contributed by atoms with van der Waals surface area (Å²) in [4.78, 5) is 0. The van der Waals surface area contributed by atoms with Crippen molar-refractivity contribution in [1.29, 1.82) is 5.26 Å². The first-order valence-corrected chi connectivity index (χ1v) is 4.40. The van der Waals surface area contributed by atoms with Crippen LogP contribution < -0.4 is 0 Å². The summed E-state index contributed by atoms with van der Waals surface area (Å²) in [6.07, 6.45) is 1.46. The zero-order valence-electron chi connectivity index (χ0n) is 7.70. The molecule has 0 radical (unpaired) electrons. The first-order chi connectivity index (χ1) is 6.24. The van der Waals surface area contributed by atoms with Crippen LogP contribution in [0, 0.1) is 11.3 Å². The lowest BCUT2D eigenvalue weighted by Gasteiger charge is -2.08. The second kappa shape index (κ2) is 4.51. The SMILES string of the molecule is CC(CCC#N)c1ccc(O)cc1. The molecule has 0 heterocycles. The van der Waals surface area contributed by atoms with Crippen LogP contribution in [0.4, 0.5) is 0 Å². The van der Waals surface area contributed by atoms with Crippen molar-refractivity contribution in [1.82, 2.24) is 0 Å². The summed E-state index contributed by atoms with van der Waals surface area (Å²) in [5.41, 5.74) is 1.17. The van der Waals surface area contributed by atoms with E-state index >= 15 is 0 Å². The average Bonchev–Trinajstić information content (AvgIpc) is 2.15. The van der Waals surface area contributed by atoms with Crippen molar-refractivity contribution in [2.75, 3.05) is 0 Å². The largest absolute Gasteiger partial charge is 0.508 e. The molecule has 2 heteroatoms. The summed E-state index contributed by atoms with van der Waals surface area (Å²) in [5, 5.41) is 17.5. The monoisotopic (exact) mass is 175 g/mol. The number of aromatic hydroxyl groups is 1. The molecule has 1 N–H and O–H groups in total. The van der Waals surface area contributed by atoms with Crippen LogP contribution >= 0.6 is 0 Å². The maximum atomic E-state index is 9.06. The number of phenolic OH excluding ortho intramolecular Hbond substituents is 1. The molecule has 0 bridgehead atoms. The van der Waals surface area contributed by atoms with E-state index in [4.69, 9.17) is 10.4 Å². The first-order valence-electron chi connectivity index (χ1n) is 4.40. The van der Waals surface area contributed by atoms with Gasteiger partial charge in [-0.2, -0.15) is 5.26 Å².